The number of aliphatic hydroxyl groups is 1. The van der Waals surface area contributed by atoms with Gasteiger partial charge in [0, 0.05) is 24.2 Å². The summed E-state index contributed by atoms with van der Waals surface area (Å²) in [5.41, 5.74) is -0.958. The number of hydrogen-bond acceptors (Lipinski definition) is 4. The molecule has 0 bridgehead atoms. The zero-order chi connectivity index (χ0) is 18.6. The van der Waals surface area contributed by atoms with E-state index in [0.29, 0.717) is 11.6 Å². The average Bonchev–Trinajstić information content (AvgIpc) is 2.58. The van der Waals surface area contributed by atoms with E-state index in [1.54, 1.807) is 0 Å². The van der Waals surface area contributed by atoms with Crippen molar-refractivity contribution < 1.29 is 28.0 Å². The standard InChI is InChI=1S/C16H13F3N2O4/c17-16(18,19)12-3-1-2-11(8-12)15(23)20-9-14(22)10-4-6-13(7-5-10)21(24)25/h1-8,14,22H,9H2,(H,20,23)/t14-/m0/s1. The lowest BCUT2D eigenvalue weighted by atomic mass is 10.1. The highest BCUT2D eigenvalue weighted by Crippen LogP contribution is 2.29. The molecule has 2 aromatic carbocycles. The zero-order valence-corrected chi connectivity index (χ0v) is 12.7. The number of aliphatic hydroxyl groups excluding tert-OH is 1. The molecule has 2 N–H and O–H groups in total. The molecular formula is C16H13F3N2O4. The quantitative estimate of drug-likeness (QED) is 0.637. The number of non-ortho nitro benzene ring substituents is 1. The van der Waals surface area contributed by atoms with Crippen molar-refractivity contribution in [3.8, 4) is 0 Å². The Labute approximate surface area is 140 Å². The van der Waals surface area contributed by atoms with Crippen molar-refractivity contribution in [3.05, 3.63) is 75.3 Å². The van der Waals surface area contributed by atoms with E-state index >= 15 is 0 Å². The van der Waals surface area contributed by atoms with Crippen LogP contribution in [0.5, 0.6) is 0 Å². The molecule has 0 saturated heterocycles. The van der Waals surface area contributed by atoms with Gasteiger partial charge in [0.1, 0.15) is 0 Å². The summed E-state index contributed by atoms with van der Waals surface area (Å²) in [6.45, 7) is -0.257. The van der Waals surface area contributed by atoms with Gasteiger partial charge in [0.05, 0.1) is 16.6 Å². The molecule has 6 nitrogen and oxygen atoms in total. The Morgan fingerprint density at radius 1 is 1.20 bits per heavy atom. The van der Waals surface area contributed by atoms with Gasteiger partial charge >= 0.3 is 6.18 Å². The van der Waals surface area contributed by atoms with E-state index in [9.17, 15) is 33.2 Å². The van der Waals surface area contributed by atoms with Crippen LogP contribution in [-0.2, 0) is 6.18 Å². The number of benzene rings is 2. The van der Waals surface area contributed by atoms with Gasteiger partial charge in [-0.25, -0.2) is 0 Å². The van der Waals surface area contributed by atoms with Crippen LogP contribution in [-0.4, -0.2) is 22.5 Å². The van der Waals surface area contributed by atoms with Gasteiger partial charge in [-0.15, -0.1) is 0 Å². The van der Waals surface area contributed by atoms with Crippen molar-refractivity contribution in [2.24, 2.45) is 0 Å². The predicted octanol–water partition coefficient (Wildman–Crippen LogP) is 3.08. The van der Waals surface area contributed by atoms with Crippen molar-refractivity contribution in [2.75, 3.05) is 6.54 Å². The summed E-state index contributed by atoms with van der Waals surface area (Å²) in [6.07, 6.45) is -5.72. The van der Waals surface area contributed by atoms with Gasteiger partial charge in [-0.2, -0.15) is 13.2 Å². The first-order valence-corrected chi connectivity index (χ1v) is 7.06. The Morgan fingerprint density at radius 2 is 1.84 bits per heavy atom. The second kappa shape index (κ2) is 7.31. The number of carbonyl (C=O) groups excluding carboxylic acids is 1. The maximum absolute atomic E-state index is 12.6. The van der Waals surface area contributed by atoms with E-state index in [2.05, 4.69) is 5.32 Å². The molecule has 0 unspecified atom stereocenters. The van der Waals surface area contributed by atoms with E-state index in [1.807, 2.05) is 0 Å². The molecule has 0 aromatic heterocycles. The van der Waals surface area contributed by atoms with Gasteiger partial charge in [0.15, 0.2) is 0 Å². The number of nitrogens with one attached hydrogen (secondary N) is 1. The molecule has 0 aliphatic heterocycles. The van der Waals surface area contributed by atoms with E-state index < -0.39 is 28.7 Å². The van der Waals surface area contributed by atoms with Crippen LogP contribution in [0.2, 0.25) is 0 Å². The van der Waals surface area contributed by atoms with Crippen LogP contribution in [0.3, 0.4) is 0 Å². The van der Waals surface area contributed by atoms with Crippen molar-refractivity contribution in [2.45, 2.75) is 12.3 Å². The third kappa shape index (κ3) is 4.77. The molecule has 0 saturated carbocycles. The molecule has 1 amide bonds. The summed E-state index contributed by atoms with van der Waals surface area (Å²) in [5, 5.41) is 22.8. The van der Waals surface area contributed by atoms with Crippen LogP contribution < -0.4 is 5.32 Å². The number of carbonyl (C=O) groups is 1. The first kappa shape index (κ1) is 18.4. The Bertz CT molecular complexity index is 776. The Morgan fingerprint density at radius 3 is 2.40 bits per heavy atom. The number of hydrogen-bond donors (Lipinski definition) is 2. The lowest BCUT2D eigenvalue weighted by Gasteiger charge is -2.13. The van der Waals surface area contributed by atoms with Gasteiger partial charge in [-0.05, 0) is 35.9 Å². The molecule has 132 valence electrons. The third-order valence-corrected chi connectivity index (χ3v) is 3.40. The Kier molecular flexibility index (Phi) is 5.38. The second-order valence-corrected chi connectivity index (χ2v) is 5.15. The Hall–Kier alpha value is -2.94. The topological polar surface area (TPSA) is 92.5 Å². The first-order valence-electron chi connectivity index (χ1n) is 7.06. The number of rotatable bonds is 5. The van der Waals surface area contributed by atoms with Crippen LogP contribution >= 0.6 is 0 Å². The molecule has 1 atom stereocenters. The fraction of sp³-hybridized carbons (Fsp3) is 0.188. The molecule has 0 aliphatic carbocycles. The highest BCUT2D eigenvalue weighted by atomic mass is 19.4. The molecule has 25 heavy (non-hydrogen) atoms. The largest absolute Gasteiger partial charge is 0.416 e. The molecule has 0 spiro atoms. The molecule has 0 fully saturated rings. The second-order valence-electron chi connectivity index (χ2n) is 5.15. The fourth-order valence-electron chi connectivity index (χ4n) is 2.06. The smallest absolute Gasteiger partial charge is 0.387 e. The van der Waals surface area contributed by atoms with E-state index in [4.69, 9.17) is 0 Å². The van der Waals surface area contributed by atoms with Crippen molar-refractivity contribution >= 4 is 11.6 Å². The van der Waals surface area contributed by atoms with Crippen molar-refractivity contribution in [3.63, 3.8) is 0 Å². The third-order valence-electron chi connectivity index (χ3n) is 3.40. The number of halogens is 3. The highest BCUT2D eigenvalue weighted by molar-refractivity contribution is 5.94. The summed E-state index contributed by atoms with van der Waals surface area (Å²) >= 11 is 0. The summed E-state index contributed by atoms with van der Waals surface area (Å²) in [7, 11) is 0. The number of amides is 1. The van der Waals surface area contributed by atoms with Crippen LogP contribution in [0.1, 0.15) is 27.6 Å². The number of alkyl halides is 3. The van der Waals surface area contributed by atoms with Crippen LogP contribution in [0.4, 0.5) is 18.9 Å². The van der Waals surface area contributed by atoms with Crippen molar-refractivity contribution in [1.82, 2.24) is 5.32 Å². The molecule has 2 rings (SSSR count). The normalized spacial score (nSPS) is 12.5. The maximum Gasteiger partial charge on any atom is 0.416 e. The number of nitrogens with zero attached hydrogens (tertiary/aromatic N) is 1. The monoisotopic (exact) mass is 354 g/mol. The van der Waals surface area contributed by atoms with Crippen LogP contribution in [0, 0.1) is 10.1 Å². The molecule has 0 heterocycles. The van der Waals surface area contributed by atoms with Gasteiger partial charge in [-0.1, -0.05) is 6.07 Å². The van der Waals surface area contributed by atoms with Crippen molar-refractivity contribution in [1.29, 1.82) is 0 Å². The predicted molar refractivity (Wildman–Crippen MR) is 81.8 cm³/mol. The minimum Gasteiger partial charge on any atom is -0.387 e. The molecule has 2 aromatic rings. The highest BCUT2D eigenvalue weighted by Gasteiger charge is 2.30. The molecule has 0 radical (unpaired) electrons. The maximum atomic E-state index is 12.6. The summed E-state index contributed by atoms with van der Waals surface area (Å²) in [6, 6.07) is 8.97. The fourth-order valence-corrected chi connectivity index (χ4v) is 2.06. The molecular weight excluding hydrogens is 341 g/mol. The molecule has 0 aliphatic rings. The lowest BCUT2D eigenvalue weighted by molar-refractivity contribution is -0.384. The number of nitro benzene ring substituents is 1. The average molecular weight is 354 g/mol. The van der Waals surface area contributed by atoms with E-state index in [-0.39, 0.29) is 17.8 Å². The zero-order valence-electron chi connectivity index (χ0n) is 12.7. The van der Waals surface area contributed by atoms with Crippen LogP contribution in [0.25, 0.3) is 0 Å². The van der Waals surface area contributed by atoms with Crippen LogP contribution in [0.15, 0.2) is 48.5 Å². The van der Waals surface area contributed by atoms with E-state index in [0.717, 1.165) is 12.1 Å². The summed E-state index contributed by atoms with van der Waals surface area (Å²) in [4.78, 5) is 21.9. The lowest BCUT2D eigenvalue weighted by Crippen LogP contribution is -2.28. The molecule has 9 heteroatoms. The first-order chi connectivity index (χ1) is 11.7. The minimum absolute atomic E-state index is 0.149. The summed E-state index contributed by atoms with van der Waals surface area (Å²) < 4.78 is 37.9. The Balaban J connectivity index is 2.00. The van der Waals surface area contributed by atoms with E-state index in [1.165, 1.54) is 30.3 Å². The summed E-state index contributed by atoms with van der Waals surface area (Å²) in [5.74, 6) is -0.771. The number of nitro groups is 1. The van der Waals surface area contributed by atoms with Gasteiger partial charge < -0.3 is 10.4 Å². The van der Waals surface area contributed by atoms with Gasteiger partial charge in [0.25, 0.3) is 11.6 Å². The minimum atomic E-state index is -4.56. The SMILES string of the molecule is O=C(NC[C@H](O)c1ccc([N+](=O)[O-])cc1)c1cccc(C(F)(F)F)c1. The van der Waals surface area contributed by atoms with Gasteiger partial charge in [-0.3, -0.25) is 14.9 Å². The van der Waals surface area contributed by atoms with Gasteiger partial charge in [0.2, 0.25) is 0 Å².